The van der Waals surface area contributed by atoms with Crippen LogP contribution in [0.1, 0.15) is 0 Å². The summed E-state index contributed by atoms with van der Waals surface area (Å²) in [5, 5.41) is 0. The summed E-state index contributed by atoms with van der Waals surface area (Å²) >= 11 is 0. The van der Waals surface area contributed by atoms with E-state index in [4.69, 9.17) is 17.5 Å². The van der Waals surface area contributed by atoms with Crippen LogP contribution >= 0.6 is 0 Å². The van der Waals surface area contributed by atoms with Crippen molar-refractivity contribution >= 4 is 65.5 Å². The summed E-state index contributed by atoms with van der Waals surface area (Å²) in [6.45, 7) is 0. The molecule has 0 fully saturated rings. The Morgan fingerprint density at radius 3 is 1.00 bits per heavy atom. The molecule has 0 rings (SSSR count). The van der Waals surface area contributed by atoms with Crippen LogP contribution in [0.15, 0.2) is 0 Å². The molecule has 0 aromatic heterocycles. The average Bonchev–Trinajstić information content (AvgIpc) is 0.722. The van der Waals surface area contributed by atoms with Crippen molar-refractivity contribution < 1.29 is 42.3 Å². The van der Waals surface area contributed by atoms with Crippen molar-refractivity contribution in [3.8, 4) is 0 Å². The van der Waals surface area contributed by atoms with Crippen molar-refractivity contribution in [2.24, 2.45) is 0 Å². The number of hydrogen-bond acceptors (Lipinski definition) is 2. The Morgan fingerprint density at radius 1 is 1.00 bits per heavy atom. The standard InChI is InChI=1S/Al.Ca.2ClH.H2O4S.3H/c;;;;1-5(2,3)4;;;/h;;2*1H;(H2,1,2,3,4);;;/q;+2;;;;;;/p-2. The minimum atomic E-state index is -4.67. The van der Waals surface area contributed by atoms with E-state index in [-0.39, 0.29) is 79.9 Å². The molecule has 0 aromatic carbocycles. The monoisotopic (exact) mass is 238 g/mol. The Labute approximate surface area is 106 Å². The van der Waals surface area contributed by atoms with Crippen molar-refractivity contribution in [1.29, 1.82) is 0 Å². The Kier molecular flexibility index (Phi) is 43.3. The van der Waals surface area contributed by atoms with E-state index in [1.54, 1.807) is 0 Å². The van der Waals surface area contributed by atoms with Crippen LogP contribution in [-0.4, -0.2) is 72.6 Å². The Bertz CT molecular complexity index is 102. The molecule has 0 saturated heterocycles. The molecule has 0 bridgehead atoms. The zero-order chi connectivity index (χ0) is 4.50. The molecule has 0 aliphatic carbocycles. The number of halogens is 2. The number of hydrogen-bond donors (Lipinski definition) is 2. The maximum atomic E-state index is 8.74. The van der Waals surface area contributed by atoms with Crippen molar-refractivity contribution in [3.63, 3.8) is 0 Å². The third-order valence-corrected chi connectivity index (χ3v) is 0. The van der Waals surface area contributed by atoms with Gasteiger partial charge in [-0.1, -0.05) is 0 Å². The maximum Gasteiger partial charge on any atom is 2.00 e. The van der Waals surface area contributed by atoms with E-state index in [1.807, 2.05) is 0 Å². The summed E-state index contributed by atoms with van der Waals surface area (Å²) in [4.78, 5) is 0. The van der Waals surface area contributed by atoms with Gasteiger partial charge in [-0.3, -0.25) is 9.11 Å². The second-order valence-corrected chi connectivity index (χ2v) is 1.34. The second kappa shape index (κ2) is 12.9. The molecule has 0 aliphatic rings. The minimum absolute atomic E-state index is 0. The van der Waals surface area contributed by atoms with Crippen LogP contribution in [0.5, 0.6) is 0 Å². The van der Waals surface area contributed by atoms with E-state index >= 15 is 0 Å². The first-order valence-electron chi connectivity index (χ1n) is 0.698. The summed E-state index contributed by atoms with van der Waals surface area (Å²) in [6.07, 6.45) is 0. The molecule has 0 aromatic rings. The van der Waals surface area contributed by atoms with Gasteiger partial charge in [0.2, 0.25) is 0 Å². The van der Waals surface area contributed by atoms with Crippen LogP contribution < -0.4 is 24.8 Å². The van der Waals surface area contributed by atoms with E-state index < -0.39 is 10.4 Å². The Morgan fingerprint density at radius 2 is 1.00 bits per heavy atom. The van der Waals surface area contributed by atoms with E-state index in [0.29, 0.717) is 0 Å². The van der Waals surface area contributed by atoms with Gasteiger partial charge in [0.25, 0.3) is 0 Å². The molecule has 0 amide bonds. The fourth-order valence-electron chi connectivity index (χ4n) is 0. The van der Waals surface area contributed by atoms with Crippen LogP contribution in [0.4, 0.5) is 0 Å². The van der Waals surface area contributed by atoms with E-state index in [0.717, 1.165) is 0 Å². The van der Waals surface area contributed by atoms with E-state index in [9.17, 15) is 0 Å². The maximum absolute atomic E-state index is 8.74. The average molecular weight is 239 g/mol. The molecular weight excluding hydrogens is 234 g/mol. The van der Waals surface area contributed by atoms with E-state index in [1.165, 1.54) is 0 Å². The van der Waals surface area contributed by atoms with E-state index in [2.05, 4.69) is 0 Å². The smallest absolute Gasteiger partial charge is 1.00 e. The van der Waals surface area contributed by atoms with Crippen LogP contribution in [0.25, 0.3) is 0 Å². The van der Waals surface area contributed by atoms with Crippen molar-refractivity contribution in [3.05, 3.63) is 0 Å². The quantitative estimate of drug-likeness (QED) is 0.325. The molecule has 9 heavy (non-hydrogen) atoms. The molecule has 0 aliphatic heterocycles. The van der Waals surface area contributed by atoms with Gasteiger partial charge in [-0.15, -0.1) is 0 Å². The predicted octanol–water partition coefficient (Wildman–Crippen LogP) is -8.21. The van der Waals surface area contributed by atoms with Gasteiger partial charge in [0.1, 0.15) is 0 Å². The summed E-state index contributed by atoms with van der Waals surface area (Å²) < 4.78 is 31.6. The fraction of sp³-hybridized carbons (Fsp3) is 0. The van der Waals surface area contributed by atoms with Gasteiger partial charge in [-0.2, -0.15) is 8.42 Å². The summed E-state index contributed by atoms with van der Waals surface area (Å²) in [5.74, 6) is 0. The molecule has 9 heteroatoms. The molecule has 4 nitrogen and oxygen atoms in total. The van der Waals surface area contributed by atoms with Crippen molar-refractivity contribution in [1.82, 2.24) is 0 Å². The third kappa shape index (κ3) is 138. The first-order chi connectivity index (χ1) is 2.00. The van der Waals surface area contributed by atoms with Crippen LogP contribution in [-0.2, 0) is 10.4 Å². The molecule has 0 radical (unpaired) electrons. The summed E-state index contributed by atoms with van der Waals surface area (Å²) in [7, 11) is -4.67. The zero-order valence-corrected chi connectivity index (χ0v) is 8.12. The van der Waals surface area contributed by atoms with Crippen molar-refractivity contribution in [2.75, 3.05) is 0 Å². The van der Waals surface area contributed by atoms with Crippen LogP contribution in [0.2, 0.25) is 0 Å². The molecule has 0 saturated carbocycles. The van der Waals surface area contributed by atoms with Gasteiger partial charge < -0.3 is 24.8 Å². The van der Waals surface area contributed by atoms with Crippen molar-refractivity contribution in [2.45, 2.75) is 0 Å². The second-order valence-electron chi connectivity index (χ2n) is 0.448. The van der Waals surface area contributed by atoms with Gasteiger partial charge in [0.05, 0.1) is 0 Å². The summed E-state index contributed by atoms with van der Waals surface area (Å²) in [5.41, 5.74) is 0. The molecule has 54 valence electrons. The Hall–Kier alpha value is 2.24. The first kappa shape index (κ1) is 30.3. The van der Waals surface area contributed by atoms with Crippen LogP contribution in [0, 0.1) is 0 Å². The topological polar surface area (TPSA) is 74.6 Å². The van der Waals surface area contributed by atoms with Crippen LogP contribution in [0.3, 0.4) is 0 Å². The van der Waals surface area contributed by atoms with Gasteiger partial charge in [0.15, 0.2) is 17.4 Å². The molecule has 0 heterocycles. The fourth-order valence-corrected chi connectivity index (χ4v) is 0. The molecule has 0 atom stereocenters. The normalized spacial score (nSPS) is 6.44. The predicted molar refractivity (Wildman–Crippen MR) is 29.9 cm³/mol. The number of rotatable bonds is 0. The molecule has 2 N–H and O–H groups in total. The zero-order valence-electron chi connectivity index (χ0n) is 3.58. The van der Waals surface area contributed by atoms with Gasteiger partial charge >= 0.3 is 48.1 Å². The Balaban J connectivity index is -0.0000000133. The van der Waals surface area contributed by atoms with Gasteiger partial charge in [0, 0.05) is 0 Å². The minimum Gasteiger partial charge on any atom is -1.00 e. The van der Waals surface area contributed by atoms with Gasteiger partial charge in [-0.05, 0) is 0 Å². The van der Waals surface area contributed by atoms with Gasteiger partial charge in [-0.25, -0.2) is 0 Å². The molecular formula is H5AlCaCl2O4S. The largest absolute Gasteiger partial charge is 2.00 e. The molecule has 0 spiro atoms. The SMILES string of the molecule is O=S(=O)(O)O.[AlH3].[Ca+2].[Cl-].[Cl-]. The molecule has 0 unspecified atom stereocenters. The first-order valence-corrected chi connectivity index (χ1v) is 2.10. The third-order valence-electron chi connectivity index (χ3n) is 0. The summed E-state index contributed by atoms with van der Waals surface area (Å²) in [6, 6.07) is 0.